The number of ether oxygens (including phenoxy) is 1. The number of nitrogen functional groups attached to an aromatic ring is 1. The molecule has 2 N–H and O–H groups in total. The molecule has 0 amide bonds. The minimum Gasteiger partial charge on any atom is -0.465 e. The molecule has 0 saturated heterocycles. The number of carbonyl (C=O) groups excluding carboxylic acids is 1. The molecule has 0 aliphatic rings. The SMILES string of the molecule is COC(=O)c1cc(-c2cn(CCCCCCCCCCC(C)(C)C)nn2)c(C(F)(F)F)cc1N. The van der Waals surface area contributed by atoms with Crippen LogP contribution in [0.1, 0.15) is 94.5 Å². The van der Waals surface area contributed by atoms with Crippen LogP contribution in [0, 0.1) is 5.41 Å². The van der Waals surface area contributed by atoms with Crippen LogP contribution in [0.25, 0.3) is 11.3 Å². The van der Waals surface area contributed by atoms with Crippen LogP contribution in [0.3, 0.4) is 0 Å². The van der Waals surface area contributed by atoms with Gasteiger partial charge in [0.05, 0.1) is 24.4 Å². The maximum atomic E-state index is 13.6. The smallest absolute Gasteiger partial charge is 0.417 e. The number of anilines is 1. The number of halogens is 3. The van der Waals surface area contributed by atoms with Gasteiger partial charge in [-0.2, -0.15) is 13.2 Å². The highest BCUT2D eigenvalue weighted by molar-refractivity contribution is 5.97. The standard InChI is InChI=1S/C25H37F3N4O2/c1-24(2,3)13-11-9-7-5-6-8-10-12-14-32-17-22(30-31-32)18-15-19(23(33)34-4)21(29)16-20(18)25(26,27)28/h15-17H,5-14,29H2,1-4H3. The molecule has 1 aromatic heterocycles. The highest BCUT2D eigenvalue weighted by Gasteiger charge is 2.36. The highest BCUT2D eigenvalue weighted by atomic mass is 19.4. The second-order valence-corrected chi connectivity index (χ2v) is 9.98. The van der Waals surface area contributed by atoms with Gasteiger partial charge >= 0.3 is 12.1 Å². The fourth-order valence-electron chi connectivity index (χ4n) is 3.87. The fraction of sp³-hybridized carbons (Fsp3) is 0.640. The van der Waals surface area contributed by atoms with Crippen molar-refractivity contribution in [2.24, 2.45) is 5.41 Å². The molecule has 0 atom stereocenters. The zero-order chi connectivity index (χ0) is 25.4. The summed E-state index contributed by atoms with van der Waals surface area (Å²) in [5, 5.41) is 7.88. The second kappa shape index (κ2) is 12.2. The summed E-state index contributed by atoms with van der Waals surface area (Å²) in [6.45, 7) is 7.39. The molecule has 6 nitrogen and oxygen atoms in total. The van der Waals surface area contributed by atoms with Gasteiger partial charge in [-0.15, -0.1) is 5.10 Å². The number of aryl methyl sites for hydroxylation is 1. The number of rotatable bonds is 12. The Hall–Kier alpha value is -2.58. The summed E-state index contributed by atoms with van der Waals surface area (Å²) in [7, 11) is 1.14. The Morgan fingerprint density at radius 3 is 2.15 bits per heavy atom. The first-order valence-electron chi connectivity index (χ1n) is 11.9. The lowest BCUT2D eigenvalue weighted by molar-refractivity contribution is -0.137. The van der Waals surface area contributed by atoms with Crippen molar-refractivity contribution < 1.29 is 22.7 Å². The molecule has 0 aliphatic heterocycles. The number of hydrogen-bond acceptors (Lipinski definition) is 5. The van der Waals surface area contributed by atoms with Gasteiger partial charge in [0.2, 0.25) is 0 Å². The number of nitrogens with two attached hydrogens (primary N) is 1. The van der Waals surface area contributed by atoms with Crippen molar-refractivity contribution in [3.05, 3.63) is 29.5 Å². The van der Waals surface area contributed by atoms with Gasteiger partial charge in [-0.05, 0) is 30.4 Å². The number of benzene rings is 1. The molecular formula is C25H37F3N4O2. The van der Waals surface area contributed by atoms with Crippen molar-refractivity contribution in [2.45, 2.75) is 91.3 Å². The van der Waals surface area contributed by atoms with Crippen molar-refractivity contribution in [3.8, 4) is 11.3 Å². The minimum atomic E-state index is -4.66. The lowest BCUT2D eigenvalue weighted by Gasteiger charge is -2.17. The van der Waals surface area contributed by atoms with Gasteiger partial charge in [-0.3, -0.25) is 4.68 Å². The monoisotopic (exact) mass is 482 g/mol. The normalized spacial score (nSPS) is 12.2. The fourth-order valence-corrected chi connectivity index (χ4v) is 3.87. The van der Waals surface area contributed by atoms with Crippen LogP contribution in [0.15, 0.2) is 18.3 Å². The minimum absolute atomic E-state index is 0.0349. The number of alkyl halides is 3. The summed E-state index contributed by atoms with van der Waals surface area (Å²) in [6, 6.07) is 1.81. The van der Waals surface area contributed by atoms with Crippen molar-refractivity contribution in [1.82, 2.24) is 15.0 Å². The number of esters is 1. The average Bonchev–Trinajstić information content (AvgIpc) is 3.21. The summed E-state index contributed by atoms with van der Waals surface area (Å²) < 4.78 is 46.9. The van der Waals surface area contributed by atoms with E-state index in [1.807, 2.05) is 0 Å². The summed E-state index contributed by atoms with van der Waals surface area (Å²) in [5.74, 6) is -0.811. The van der Waals surface area contributed by atoms with Gasteiger partial charge in [0.1, 0.15) is 5.69 Å². The van der Waals surface area contributed by atoms with E-state index in [1.165, 1.54) is 49.4 Å². The number of hydrogen-bond donors (Lipinski definition) is 1. The highest BCUT2D eigenvalue weighted by Crippen LogP contribution is 2.39. The molecule has 0 bridgehead atoms. The lowest BCUT2D eigenvalue weighted by Crippen LogP contribution is -2.12. The van der Waals surface area contributed by atoms with E-state index in [-0.39, 0.29) is 22.5 Å². The maximum absolute atomic E-state index is 13.6. The molecule has 0 fully saturated rings. The third kappa shape index (κ3) is 8.65. The Balaban J connectivity index is 1.88. The number of aromatic nitrogens is 3. The zero-order valence-corrected chi connectivity index (χ0v) is 20.7. The van der Waals surface area contributed by atoms with Crippen molar-refractivity contribution in [3.63, 3.8) is 0 Å². The van der Waals surface area contributed by atoms with Crippen molar-refractivity contribution in [1.29, 1.82) is 0 Å². The van der Waals surface area contributed by atoms with E-state index < -0.39 is 17.7 Å². The van der Waals surface area contributed by atoms with E-state index >= 15 is 0 Å². The maximum Gasteiger partial charge on any atom is 0.417 e. The van der Waals surface area contributed by atoms with E-state index in [1.54, 1.807) is 0 Å². The van der Waals surface area contributed by atoms with Gasteiger partial charge in [-0.1, -0.05) is 70.9 Å². The molecule has 2 aromatic rings. The summed E-state index contributed by atoms with van der Waals surface area (Å²) in [6.07, 6.45) is 7.34. The predicted octanol–water partition coefficient (Wildman–Crippen LogP) is 6.89. The number of unbranched alkanes of at least 4 members (excludes halogenated alkanes) is 7. The Morgan fingerprint density at radius 1 is 1.00 bits per heavy atom. The van der Waals surface area contributed by atoms with Gasteiger partial charge in [-0.25, -0.2) is 4.79 Å². The molecule has 0 spiro atoms. The average molecular weight is 483 g/mol. The van der Waals surface area contributed by atoms with Gasteiger partial charge in [0.15, 0.2) is 0 Å². The summed E-state index contributed by atoms with van der Waals surface area (Å²) in [5.41, 5.74) is 4.45. The van der Waals surface area contributed by atoms with E-state index in [4.69, 9.17) is 5.73 Å². The first kappa shape index (κ1) is 27.7. The largest absolute Gasteiger partial charge is 0.465 e. The number of carbonyl (C=O) groups is 1. The zero-order valence-electron chi connectivity index (χ0n) is 20.7. The van der Waals surface area contributed by atoms with Crippen LogP contribution in [-0.4, -0.2) is 28.1 Å². The lowest BCUT2D eigenvalue weighted by atomic mass is 9.89. The number of nitrogens with zero attached hydrogens (tertiary/aromatic N) is 3. The van der Waals surface area contributed by atoms with E-state index in [0.717, 1.165) is 38.5 Å². The Morgan fingerprint density at radius 2 is 1.59 bits per heavy atom. The van der Waals surface area contributed by atoms with Gasteiger partial charge in [0.25, 0.3) is 0 Å². The van der Waals surface area contributed by atoms with Crippen molar-refractivity contribution in [2.75, 3.05) is 12.8 Å². The van der Waals surface area contributed by atoms with Crippen LogP contribution in [0.2, 0.25) is 0 Å². The predicted molar refractivity (Wildman–Crippen MR) is 127 cm³/mol. The molecule has 1 heterocycles. The van der Waals surface area contributed by atoms with E-state index in [0.29, 0.717) is 12.0 Å². The van der Waals surface area contributed by atoms with Gasteiger partial charge in [0, 0.05) is 17.8 Å². The molecular weight excluding hydrogens is 445 g/mol. The Labute approximate surface area is 200 Å². The molecule has 2 rings (SSSR count). The molecule has 0 saturated carbocycles. The quantitative estimate of drug-likeness (QED) is 0.202. The topological polar surface area (TPSA) is 83.0 Å². The number of methoxy groups -OCH3 is 1. The van der Waals surface area contributed by atoms with E-state index in [2.05, 4.69) is 35.8 Å². The van der Waals surface area contributed by atoms with Gasteiger partial charge < -0.3 is 10.5 Å². The molecule has 0 aliphatic carbocycles. The summed E-state index contributed by atoms with van der Waals surface area (Å²) in [4.78, 5) is 11.9. The third-order valence-electron chi connectivity index (χ3n) is 5.78. The van der Waals surface area contributed by atoms with Crippen LogP contribution in [0.4, 0.5) is 18.9 Å². The molecule has 34 heavy (non-hydrogen) atoms. The first-order valence-corrected chi connectivity index (χ1v) is 11.9. The van der Waals surface area contributed by atoms with Crippen LogP contribution >= 0.6 is 0 Å². The van der Waals surface area contributed by atoms with Crippen molar-refractivity contribution >= 4 is 11.7 Å². The molecule has 9 heteroatoms. The molecule has 1 aromatic carbocycles. The third-order valence-corrected chi connectivity index (χ3v) is 5.78. The second-order valence-electron chi connectivity index (χ2n) is 9.98. The first-order chi connectivity index (χ1) is 15.9. The molecule has 190 valence electrons. The van der Waals surface area contributed by atoms with E-state index in [9.17, 15) is 18.0 Å². The molecule has 0 unspecified atom stereocenters. The Kier molecular flexibility index (Phi) is 9.94. The van der Waals surface area contributed by atoms with Crippen LogP contribution in [-0.2, 0) is 17.5 Å². The Bertz CT molecular complexity index is 933. The van der Waals surface area contributed by atoms with Crippen LogP contribution in [0.5, 0.6) is 0 Å². The molecule has 0 radical (unpaired) electrons. The summed E-state index contributed by atoms with van der Waals surface area (Å²) >= 11 is 0. The van der Waals surface area contributed by atoms with Crippen LogP contribution < -0.4 is 5.73 Å².